The number of hydrogen-bond donors (Lipinski definition) is 1. The second kappa shape index (κ2) is 6.10. The largest absolute Gasteiger partial charge is 0.395 e. The number of nitrogens with zero attached hydrogens (tertiary/aromatic N) is 1. The Hall–Kier alpha value is -1.14. The molecule has 2 rings (SSSR count). The smallest absolute Gasteiger partial charge is 0.245 e. The van der Waals surface area contributed by atoms with Crippen molar-refractivity contribution >= 4 is 15.7 Å². The van der Waals surface area contributed by atoms with E-state index in [4.69, 9.17) is 5.73 Å². The van der Waals surface area contributed by atoms with Gasteiger partial charge < -0.3 is 5.73 Å². The minimum atomic E-state index is -3.72. The third-order valence-corrected chi connectivity index (χ3v) is 5.80. The molecule has 1 heterocycles. The van der Waals surface area contributed by atoms with Gasteiger partial charge in [-0.15, -0.1) is 0 Å². The molecule has 1 fully saturated rings. The van der Waals surface area contributed by atoms with Crippen molar-refractivity contribution in [2.75, 3.05) is 12.3 Å². The molecule has 6 heteroatoms. The number of nitrogen functional groups attached to an aromatic ring is 1. The van der Waals surface area contributed by atoms with E-state index in [1.54, 1.807) is 0 Å². The maximum absolute atomic E-state index is 13.5. The van der Waals surface area contributed by atoms with Crippen molar-refractivity contribution in [2.45, 2.75) is 50.0 Å². The summed E-state index contributed by atoms with van der Waals surface area (Å²) in [5, 5.41) is 0. The summed E-state index contributed by atoms with van der Waals surface area (Å²) in [4.78, 5) is -0.111. The lowest BCUT2D eigenvalue weighted by Crippen LogP contribution is -2.43. The first-order valence-corrected chi connectivity index (χ1v) is 8.48. The van der Waals surface area contributed by atoms with Crippen molar-refractivity contribution in [3.63, 3.8) is 0 Å². The van der Waals surface area contributed by atoms with E-state index in [0.29, 0.717) is 6.54 Å². The zero-order valence-electron chi connectivity index (χ0n) is 11.7. The number of sulfonamides is 1. The molecule has 1 aliphatic rings. The SMILES string of the molecule is CCCC1CCCCN1S(=O)(=O)c1cccc(F)c1N. The molecule has 112 valence electrons. The molecular weight excluding hydrogens is 279 g/mol. The first-order valence-electron chi connectivity index (χ1n) is 7.04. The van der Waals surface area contributed by atoms with E-state index in [1.807, 2.05) is 6.92 Å². The summed E-state index contributed by atoms with van der Waals surface area (Å²) in [6.07, 6.45) is 4.50. The summed E-state index contributed by atoms with van der Waals surface area (Å²) < 4.78 is 40.5. The van der Waals surface area contributed by atoms with Gasteiger partial charge in [0.15, 0.2) is 0 Å². The summed E-state index contributed by atoms with van der Waals surface area (Å²) in [6, 6.07) is 3.94. The van der Waals surface area contributed by atoms with Crippen LogP contribution in [-0.2, 0) is 10.0 Å². The van der Waals surface area contributed by atoms with Crippen LogP contribution in [-0.4, -0.2) is 25.3 Å². The molecule has 0 aliphatic carbocycles. The molecule has 0 saturated carbocycles. The molecule has 1 atom stereocenters. The predicted octanol–water partition coefficient (Wildman–Crippen LogP) is 2.75. The fourth-order valence-electron chi connectivity index (χ4n) is 2.78. The van der Waals surface area contributed by atoms with E-state index in [2.05, 4.69) is 0 Å². The van der Waals surface area contributed by atoms with Crippen LogP contribution in [0.5, 0.6) is 0 Å². The van der Waals surface area contributed by atoms with Crippen molar-refractivity contribution in [1.29, 1.82) is 0 Å². The summed E-state index contributed by atoms with van der Waals surface area (Å²) in [7, 11) is -3.72. The maximum atomic E-state index is 13.5. The number of para-hydroxylation sites is 1. The van der Waals surface area contributed by atoms with Crippen molar-refractivity contribution in [2.24, 2.45) is 0 Å². The summed E-state index contributed by atoms with van der Waals surface area (Å²) >= 11 is 0. The lowest BCUT2D eigenvalue weighted by molar-refractivity contribution is 0.239. The van der Waals surface area contributed by atoms with Gasteiger partial charge in [-0.05, 0) is 31.4 Å². The van der Waals surface area contributed by atoms with Crippen LogP contribution < -0.4 is 5.73 Å². The minimum Gasteiger partial charge on any atom is -0.395 e. The van der Waals surface area contributed by atoms with Crippen molar-refractivity contribution < 1.29 is 12.8 Å². The maximum Gasteiger partial charge on any atom is 0.245 e. The summed E-state index contributed by atoms with van der Waals surface area (Å²) in [6.45, 7) is 2.53. The Balaban J connectivity index is 2.40. The van der Waals surface area contributed by atoms with Crippen molar-refractivity contribution in [1.82, 2.24) is 4.31 Å². The van der Waals surface area contributed by atoms with Crippen LogP contribution in [0.15, 0.2) is 23.1 Å². The third-order valence-electron chi connectivity index (χ3n) is 3.79. The molecule has 1 unspecified atom stereocenters. The Morgan fingerprint density at radius 2 is 2.15 bits per heavy atom. The highest BCUT2D eigenvalue weighted by molar-refractivity contribution is 7.89. The Kier molecular flexibility index (Phi) is 4.65. The monoisotopic (exact) mass is 300 g/mol. The van der Waals surface area contributed by atoms with Crippen LogP contribution in [0.2, 0.25) is 0 Å². The van der Waals surface area contributed by atoms with Gasteiger partial charge in [-0.2, -0.15) is 4.31 Å². The molecule has 1 aliphatic heterocycles. The van der Waals surface area contributed by atoms with Crippen LogP contribution >= 0.6 is 0 Å². The lowest BCUT2D eigenvalue weighted by atomic mass is 10.0. The Labute approximate surface area is 119 Å². The molecule has 2 N–H and O–H groups in total. The van der Waals surface area contributed by atoms with Crippen LogP contribution in [0.3, 0.4) is 0 Å². The summed E-state index contributed by atoms with van der Waals surface area (Å²) in [5.74, 6) is -0.685. The number of hydrogen-bond acceptors (Lipinski definition) is 3. The van der Waals surface area contributed by atoms with Gasteiger partial charge in [0.25, 0.3) is 0 Å². The van der Waals surface area contributed by atoms with Crippen LogP contribution in [0.4, 0.5) is 10.1 Å². The molecule has 1 aromatic carbocycles. The molecule has 0 radical (unpaired) electrons. The quantitative estimate of drug-likeness (QED) is 0.870. The van der Waals surface area contributed by atoms with Crippen molar-refractivity contribution in [3.05, 3.63) is 24.0 Å². The van der Waals surface area contributed by atoms with Gasteiger partial charge in [0.2, 0.25) is 10.0 Å². The number of benzene rings is 1. The van der Waals surface area contributed by atoms with E-state index in [0.717, 1.165) is 32.1 Å². The molecule has 0 aromatic heterocycles. The second-order valence-corrected chi connectivity index (χ2v) is 7.06. The van der Waals surface area contributed by atoms with E-state index < -0.39 is 15.8 Å². The molecule has 4 nitrogen and oxygen atoms in total. The van der Waals surface area contributed by atoms with E-state index in [1.165, 1.54) is 22.5 Å². The zero-order chi connectivity index (χ0) is 14.8. The van der Waals surface area contributed by atoms with Gasteiger partial charge in [-0.25, -0.2) is 12.8 Å². The molecular formula is C14H21FN2O2S. The number of halogens is 1. The predicted molar refractivity (Wildman–Crippen MR) is 77.3 cm³/mol. The molecule has 1 saturated heterocycles. The normalized spacial score (nSPS) is 21.0. The number of anilines is 1. The highest BCUT2D eigenvalue weighted by atomic mass is 32.2. The summed E-state index contributed by atoms with van der Waals surface area (Å²) in [5.41, 5.74) is 5.33. The first kappa shape index (κ1) is 15.3. The average molecular weight is 300 g/mol. The molecule has 0 spiro atoms. The van der Waals surface area contributed by atoms with Gasteiger partial charge in [0.05, 0.1) is 5.69 Å². The van der Waals surface area contributed by atoms with Gasteiger partial charge in [-0.1, -0.05) is 25.8 Å². The van der Waals surface area contributed by atoms with E-state index >= 15 is 0 Å². The molecule has 0 bridgehead atoms. The topological polar surface area (TPSA) is 63.4 Å². The third kappa shape index (κ3) is 2.81. The zero-order valence-corrected chi connectivity index (χ0v) is 12.5. The average Bonchev–Trinajstić information content (AvgIpc) is 2.42. The Morgan fingerprint density at radius 3 is 2.85 bits per heavy atom. The minimum absolute atomic E-state index is 0.00131. The highest BCUT2D eigenvalue weighted by Gasteiger charge is 2.34. The Bertz CT molecular complexity index is 573. The van der Waals surface area contributed by atoms with Crippen LogP contribution in [0.1, 0.15) is 39.0 Å². The second-order valence-electron chi connectivity index (χ2n) is 5.21. The number of rotatable bonds is 4. The first-order chi connectivity index (χ1) is 9.48. The highest BCUT2D eigenvalue weighted by Crippen LogP contribution is 2.31. The Morgan fingerprint density at radius 1 is 1.40 bits per heavy atom. The van der Waals surface area contributed by atoms with Crippen LogP contribution in [0, 0.1) is 5.82 Å². The van der Waals surface area contributed by atoms with Gasteiger partial charge in [0, 0.05) is 12.6 Å². The number of piperidine rings is 1. The van der Waals surface area contributed by atoms with Gasteiger partial charge >= 0.3 is 0 Å². The molecule has 1 aromatic rings. The lowest BCUT2D eigenvalue weighted by Gasteiger charge is -2.34. The van der Waals surface area contributed by atoms with E-state index in [-0.39, 0.29) is 16.6 Å². The fourth-order valence-corrected chi connectivity index (χ4v) is 4.63. The molecule has 20 heavy (non-hydrogen) atoms. The van der Waals surface area contributed by atoms with Crippen LogP contribution in [0.25, 0.3) is 0 Å². The number of nitrogens with two attached hydrogens (primary N) is 1. The fraction of sp³-hybridized carbons (Fsp3) is 0.571. The van der Waals surface area contributed by atoms with Gasteiger partial charge in [0.1, 0.15) is 10.7 Å². The van der Waals surface area contributed by atoms with E-state index in [9.17, 15) is 12.8 Å². The molecule has 0 amide bonds. The standard InChI is InChI=1S/C14H21FN2O2S/c1-2-6-11-7-3-4-10-17(11)20(18,19)13-9-5-8-12(15)14(13)16/h5,8-9,11H,2-4,6-7,10,16H2,1H3. The van der Waals surface area contributed by atoms with Crippen molar-refractivity contribution in [3.8, 4) is 0 Å². The van der Waals surface area contributed by atoms with Gasteiger partial charge in [-0.3, -0.25) is 0 Å².